The molecular formula is C15H18ClNO4. The third-order valence-electron chi connectivity index (χ3n) is 3.34. The first kappa shape index (κ1) is 15.6. The van der Waals surface area contributed by atoms with Crippen molar-refractivity contribution in [2.75, 3.05) is 20.7 Å². The predicted molar refractivity (Wildman–Crippen MR) is 78.4 cm³/mol. The molecule has 0 unspecified atom stereocenters. The van der Waals surface area contributed by atoms with E-state index in [0.717, 1.165) is 11.3 Å². The second-order valence-electron chi connectivity index (χ2n) is 5.28. The Balaban J connectivity index is 2.00. The van der Waals surface area contributed by atoms with Crippen LogP contribution in [0, 0.1) is 5.92 Å². The Morgan fingerprint density at radius 3 is 2.81 bits per heavy atom. The number of esters is 1. The molecule has 0 fully saturated rings. The van der Waals surface area contributed by atoms with Gasteiger partial charge in [0, 0.05) is 19.1 Å². The van der Waals surface area contributed by atoms with Crippen LogP contribution >= 0.6 is 11.6 Å². The lowest BCUT2D eigenvalue weighted by Gasteiger charge is -2.25. The maximum Gasteiger partial charge on any atom is 0.313 e. The number of rotatable bonds is 3. The van der Waals surface area contributed by atoms with Gasteiger partial charge in [-0.1, -0.05) is 11.6 Å². The first-order chi connectivity index (χ1) is 9.88. The first-order valence-electron chi connectivity index (χ1n) is 6.71. The van der Waals surface area contributed by atoms with Crippen molar-refractivity contribution in [1.82, 2.24) is 4.90 Å². The minimum Gasteiger partial charge on any atom is -0.492 e. The monoisotopic (exact) mass is 311 g/mol. The average Bonchev–Trinajstić information content (AvgIpc) is 2.45. The highest BCUT2D eigenvalue weighted by Crippen LogP contribution is 2.30. The molecule has 2 rings (SSSR count). The second kappa shape index (κ2) is 6.35. The van der Waals surface area contributed by atoms with Crippen molar-refractivity contribution in [1.29, 1.82) is 0 Å². The lowest BCUT2D eigenvalue weighted by Crippen LogP contribution is -2.38. The Labute approximate surface area is 128 Å². The molecule has 0 saturated carbocycles. The molecule has 0 aliphatic carbocycles. The van der Waals surface area contributed by atoms with E-state index in [1.165, 1.54) is 4.90 Å². The largest absolute Gasteiger partial charge is 0.492 e. The topological polar surface area (TPSA) is 55.8 Å². The molecule has 1 aliphatic rings. The Hall–Kier alpha value is -1.75. The van der Waals surface area contributed by atoms with Crippen LogP contribution in [0.3, 0.4) is 0 Å². The Morgan fingerprint density at radius 2 is 2.14 bits per heavy atom. The van der Waals surface area contributed by atoms with E-state index in [4.69, 9.17) is 21.1 Å². The highest BCUT2D eigenvalue weighted by atomic mass is 35.5. The van der Waals surface area contributed by atoms with Crippen LogP contribution in [0.5, 0.6) is 5.75 Å². The van der Waals surface area contributed by atoms with E-state index < -0.39 is 18.0 Å². The summed E-state index contributed by atoms with van der Waals surface area (Å²) < 4.78 is 10.8. The molecule has 2 atom stereocenters. The fraction of sp³-hybridized carbons (Fsp3) is 0.467. The highest BCUT2D eigenvalue weighted by molar-refractivity contribution is 6.30. The summed E-state index contributed by atoms with van der Waals surface area (Å²) in [7, 11) is 3.24. The van der Waals surface area contributed by atoms with E-state index in [2.05, 4.69) is 0 Å². The van der Waals surface area contributed by atoms with Gasteiger partial charge in [0.1, 0.15) is 12.4 Å². The van der Waals surface area contributed by atoms with Crippen molar-refractivity contribution >= 4 is 23.5 Å². The van der Waals surface area contributed by atoms with E-state index in [9.17, 15) is 9.59 Å². The molecule has 0 radical (unpaired) electrons. The number of amides is 1. The highest BCUT2D eigenvalue weighted by Gasteiger charge is 2.30. The van der Waals surface area contributed by atoms with Gasteiger partial charge in [-0.15, -0.1) is 0 Å². The molecule has 114 valence electrons. The maximum atomic E-state index is 12.1. The standard InChI is InChI=1S/C15H18ClNO4/c1-9(14(18)17(2)3)21-15(19)11-6-10-7-12(16)4-5-13(10)20-8-11/h4-5,7,9,11H,6,8H2,1-3H3/t9-,11+/m1/s1. The number of nitrogens with zero attached hydrogens (tertiary/aromatic N) is 1. The third-order valence-corrected chi connectivity index (χ3v) is 3.58. The number of likely N-dealkylation sites (N-methyl/N-ethyl adjacent to an activating group) is 1. The van der Waals surface area contributed by atoms with Crippen LogP contribution in [0.15, 0.2) is 18.2 Å². The summed E-state index contributed by atoms with van der Waals surface area (Å²) in [6.07, 6.45) is -0.300. The molecule has 1 aromatic rings. The zero-order chi connectivity index (χ0) is 15.6. The number of hydrogen-bond donors (Lipinski definition) is 0. The van der Waals surface area contributed by atoms with Crippen LogP contribution in [0.1, 0.15) is 12.5 Å². The summed E-state index contributed by atoms with van der Waals surface area (Å²) in [5.41, 5.74) is 0.877. The van der Waals surface area contributed by atoms with Crippen molar-refractivity contribution in [3.05, 3.63) is 28.8 Å². The fourth-order valence-corrected chi connectivity index (χ4v) is 2.39. The van der Waals surface area contributed by atoms with Gasteiger partial charge in [-0.05, 0) is 37.1 Å². The van der Waals surface area contributed by atoms with Crippen LogP contribution in [-0.4, -0.2) is 43.6 Å². The van der Waals surface area contributed by atoms with E-state index >= 15 is 0 Å². The summed E-state index contributed by atoms with van der Waals surface area (Å²) in [4.78, 5) is 25.2. The van der Waals surface area contributed by atoms with Crippen LogP contribution in [0.4, 0.5) is 0 Å². The van der Waals surface area contributed by atoms with Gasteiger partial charge in [-0.25, -0.2) is 0 Å². The zero-order valence-corrected chi connectivity index (χ0v) is 13.0. The van der Waals surface area contributed by atoms with Gasteiger partial charge in [0.05, 0.1) is 5.92 Å². The van der Waals surface area contributed by atoms with Gasteiger partial charge in [-0.3, -0.25) is 9.59 Å². The van der Waals surface area contributed by atoms with Crippen LogP contribution in [-0.2, 0) is 20.7 Å². The van der Waals surface area contributed by atoms with Gasteiger partial charge < -0.3 is 14.4 Å². The van der Waals surface area contributed by atoms with Crippen molar-refractivity contribution in [2.45, 2.75) is 19.4 Å². The molecule has 1 aliphatic heterocycles. The number of carbonyl (C=O) groups excluding carboxylic acids is 2. The van der Waals surface area contributed by atoms with Crippen molar-refractivity contribution in [3.8, 4) is 5.75 Å². The van der Waals surface area contributed by atoms with E-state index in [0.29, 0.717) is 11.4 Å². The zero-order valence-electron chi connectivity index (χ0n) is 12.3. The van der Waals surface area contributed by atoms with Crippen molar-refractivity contribution < 1.29 is 19.1 Å². The molecule has 0 saturated heterocycles. The molecule has 1 aromatic carbocycles. The summed E-state index contributed by atoms with van der Waals surface area (Å²) in [6.45, 7) is 1.81. The Bertz CT molecular complexity index is 559. The van der Waals surface area contributed by atoms with E-state index in [1.54, 1.807) is 39.2 Å². The second-order valence-corrected chi connectivity index (χ2v) is 5.71. The summed E-state index contributed by atoms with van der Waals surface area (Å²) in [5, 5.41) is 0.600. The fourth-order valence-electron chi connectivity index (χ4n) is 2.20. The number of hydrogen-bond acceptors (Lipinski definition) is 4. The molecule has 0 spiro atoms. The van der Waals surface area contributed by atoms with Crippen molar-refractivity contribution in [2.24, 2.45) is 5.92 Å². The lowest BCUT2D eigenvalue weighted by atomic mass is 9.97. The molecule has 1 heterocycles. The van der Waals surface area contributed by atoms with Crippen LogP contribution in [0.2, 0.25) is 5.02 Å². The SMILES string of the molecule is C[C@@H](OC(=O)[C@@H]1COc2ccc(Cl)cc2C1)C(=O)N(C)C. The molecule has 5 nitrogen and oxygen atoms in total. The number of ether oxygens (including phenoxy) is 2. The summed E-state index contributed by atoms with van der Waals surface area (Å²) in [6, 6.07) is 5.32. The van der Waals surface area contributed by atoms with Gasteiger partial charge >= 0.3 is 5.97 Å². The molecule has 21 heavy (non-hydrogen) atoms. The Morgan fingerprint density at radius 1 is 1.43 bits per heavy atom. The summed E-state index contributed by atoms with van der Waals surface area (Å²) in [5.74, 6) is -0.360. The number of halogens is 1. The normalized spacial score (nSPS) is 18.2. The Kier molecular flexibility index (Phi) is 4.73. The molecule has 0 aromatic heterocycles. The maximum absolute atomic E-state index is 12.1. The molecule has 0 N–H and O–H groups in total. The number of carbonyl (C=O) groups is 2. The number of benzene rings is 1. The minimum atomic E-state index is -0.798. The van der Waals surface area contributed by atoms with Gasteiger partial charge in [-0.2, -0.15) is 0 Å². The predicted octanol–water partition coefficient (Wildman–Crippen LogP) is 1.91. The average molecular weight is 312 g/mol. The van der Waals surface area contributed by atoms with E-state index in [1.807, 2.05) is 0 Å². The van der Waals surface area contributed by atoms with Crippen LogP contribution < -0.4 is 4.74 Å². The van der Waals surface area contributed by atoms with Crippen molar-refractivity contribution in [3.63, 3.8) is 0 Å². The smallest absolute Gasteiger partial charge is 0.313 e. The lowest BCUT2D eigenvalue weighted by molar-refractivity contribution is -0.162. The van der Waals surface area contributed by atoms with Crippen LogP contribution in [0.25, 0.3) is 0 Å². The minimum absolute atomic E-state index is 0.246. The van der Waals surface area contributed by atoms with Gasteiger partial charge in [0.15, 0.2) is 6.10 Å². The summed E-state index contributed by atoms with van der Waals surface area (Å²) >= 11 is 5.94. The molecular weight excluding hydrogens is 294 g/mol. The first-order valence-corrected chi connectivity index (χ1v) is 7.09. The van der Waals surface area contributed by atoms with Gasteiger partial charge in [0.25, 0.3) is 5.91 Å². The quantitative estimate of drug-likeness (QED) is 0.800. The third kappa shape index (κ3) is 3.67. The molecule has 1 amide bonds. The van der Waals surface area contributed by atoms with E-state index in [-0.39, 0.29) is 12.5 Å². The molecule has 6 heteroatoms. The molecule has 0 bridgehead atoms. The number of fused-ring (bicyclic) bond motifs is 1. The van der Waals surface area contributed by atoms with Gasteiger partial charge in [0.2, 0.25) is 0 Å².